The third-order valence-electron chi connectivity index (χ3n) is 6.23. The Labute approximate surface area is 199 Å². The van der Waals surface area contributed by atoms with Crippen molar-refractivity contribution in [2.24, 2.45) is 0 Å². The molecule has 9 heteroatoms. The standard InChI is InChI=1S/C25H31N9/c1-15-12-34(13-16(2)31-15)22-7-5-6-20(33-22)17(3)32-25-23-19(11-28-24(23)29-14-30-25)18-8-9-27-21(10-18)26-4/h5-11,14-17,31H,12-13H2,1-4H3,(H,26,27)(H2,28,29,30,32)/t15-,16+,17-/m0/s1. The second-order valence-electron chi connectivity index (χ2n) is 8.99. The number of aromatic amines is 1. The first-order valence-corrected chi connectivity index (χ1v) is 11.7. The summed E-state index contributed by atoms with van der Waals surface area (Å²) in [5, 5.41) is 11.2. The number of hydrogen-bond donors (Lipinski definition) is 4. The molecule has 4 N–H and O–H groups in total. The molecule has 0 bridgehead atoms. The number of piperazine rings is 1. The van der Waals surface area contributed by atoms with Crippen LogP contribution in [-0.4, -0.2) is 57.1 Å². The first-order chi connectivity index (χ1) is 16.5. The van der Waals surface area contributed by atoms with Crippen LogP contribution in [0.2, 0.25) is 0 Å². The number of aromatic nitrogens is 5. The fourth-order valence-electron chi connectivity index (χ4n) is 4.68. The topological polar surface area (TPSA) is 107 Å². The minimum atomic E-state index is -0.0381. The molecule has 176 valence electrons. The van der Waals surface area contributed by atoms with Gasteiger partial charge in [-0.15, -0.1) is 0 Å². The summed E-state index contributed by atoms with van der Waals surface area (Å²) in [7, 11) is 1.86. The van der Waals surface area contributed by atoms with Crippen LogP contribution in [0.4, 0.5) is 17.5 Å². The Morgan fingerprint density at radius 2 is 1.91 bits per heavy atom. The molecular formula is C25H31N9. The normalized spacial score (nSPS) is 19.2. The number of nitrogens with zero attached hydrogens (tertiary/aromatic N) is 5. The van der Waals surface area contributed by atoms with Crippen LogP contribution in [-0.2, 0) is 0 Å². The highest BCUT2D eigenvalue weighted by atomic mass is 15.3. The molecule has 3 atom stereocenters. The average molecular weight is 458 g/mol. The van der Waals surface area contributed by atoms with Crippen LogP contribution in [0.25, 0.3) is 22.2 Å². The van der Waals surface area contributed by atoms with Gasteiger partial charge in [-0.1, -0.05) is 6.07 Å². The Morgan fingerprint density at radius 3 is 2.71 bits per heavy atom. The van der Waals surface area contributed by atoms with Gasteiger partial charge in [0.25, 0.3) is 0 Å². The lowest BCUT2D eigenvalue weighted by Gasteiger charge is -2.37. The van der Waals surface area contributed by atoms with Gasteiger partial charge in [0, 0.05) is 50.2 Å². The number of anilines is 3. The van der Waals surface area contributed by atoms with Gasteiger partial charge in [-0.2, -0.15) is 0 Å². The second-order valence-corrected chi connectivity index (χ2v) is 8.99. The summed E-state index contributed by atoms with van der Waals surface area (Å²) in [6.45, 7) is 8.44. The molecule has 0 spiro atoms. The van der Waals surface area contributed by atoms with Gasteiger partial charge in [0.15, 0.2) is 0 Å². The molecule has 4 aromatic heterocycles. The third-order valence-corrected chi connectivity index (χ3v) is 6.23. The molecule has 0 amide bonds. The number of pyridine rings is 2. The van der Waals surface area contributed by atoms with Crippen LogP contribution in [0.3, 0.4) is 0 Å². The molecule has 0 radical (unpaired) electrons. The van der Waals surface area contributed by atoms with Crippen LogP contribution in [0, 0.1) is 0 Å². The molecule has 0 unspecified atom stereocenters. The minimum Gasteiger partial charge on any atom is -0.373 e. The van der Waals surface area contributed by atoms with Crippen molar-refractivity contribution in [1.29, 1.82) is 0 Å². The van der Waals surface area contributed by atoms with Crippen LogP contribution in [0.1, 0.15) is 32.5 Å². The van der Waals surface area contributed by atoms with Gasteiger partial charge < -0.3 is 25.8 Å². The number of H-pyrrole nitrogens is 1. The molecule has 0 aliphatic carbocycles. The number of fused-ring (bicyclic) bond motifs is 1. The molecule has 34 heavy (non-hydrogen) atoms. The molecule has 1 fully saturated rings. The molecule has 4 aromatic rings. The molecule has 5 rings (SSSR count). The third kappa shape index (κ3) is 4.38. The highest BCUT2D eigenvalue weighted by molar-refractivity contribution is 6.01. The van der Waals surface area contributed by atoms with Gasteiger partial charge in [-0.3, -0.25) is 0 Å². The Hall–Kier alpha value is -3.72. The quantitative estimate of drug-likeness (QED) is 0.346. The van der Waals surface area contributed by atoms with Gasteiger partial charge in [-0.05, 0) is 50.6 Å². The van der Waals surface area contributed by atoms with E-state index in [4.69, 9.17) is 4.98 Å². The van der Waals surface area contributed by atoms with Gasteiger partial charge in [-0.25, -0.2) is 19.9 Å². The van der Waals surface area contributed by atoms with E-state index in [0.29, 0.717) is 12.1 Å². The van der Waals surface area contributed by atoms with E-state index >= 15 is 0 Å². The Morgan fingerprint density at radius 1 is 1.09 bits per heavy atom. The summed E-state index contributed by atoms with van der Waals surface area (Å²) < 4.78 is 0. The molecule has 0 aromatic carbocycles. The molecule has 1 saturated heterocycles. The number of rotatable bonds is 6. The summed E-state index contributed by atoms with van der Waals surface area (Å²) >= 11 is 0. The lowest BCUT2D eigenvalue weighted by atomic mass is 10.1. The zero-order chi connectivity index (χ0) is 23.7. The maximum absolute atomic E-state index is 5.00. The molecule has 5 heterocycles. The maximum atomic E-state index is 5.00. The average Bonchev–Trinajstić information content (AvgIpc) is 3.29. The Kier molecular flexibility index (Phi) is 6.02. The van der Waals surface area contributed by atoms with Crippen molar-refractivity contribution in [2.75, 3.05) is 35.7 Å². The molecule has 1 aliphatic heterocycles. The Balaban J connectivity index is 1.44. The highest BCUT2D eigenvalue weighted by Crippen LogP contribution is 2.34. The van der Waals surface area contributed by atoms with E-state index in [0.717, 1.165) is 58.4 Å². The van der Waals surface area contributed by atoms with Crippen LogP contribution in [0.5, 0.6) is 0 Å². The maximum Gasteiger partial charge on any atom is 0.143 e. The molecule has 1 aliphatic rings. The summed E-state index contributed by atoms with van der Waals surface area (Å²) in [5.41, 5.74) is 3.82. The van der Waals surface area contributed by atoms with E-state index in [9.17, 15) is 0 Å². The van der Waals surface area contributed by atoms with Crippen molar-refractivity contribution in [3.63, 3.8) is 0 Å². The fourth-order valence-corrected chi connectivity index (χ4v) is 4.68. The second kappa shape index (κ2) is 9.26. The first kappa shape index (κ1) is 22.1. The van der Waals surface area contributed by atoms with E-state index < -0.39 is 0 Å². The van der Waals surface area contributed by atoms with Crippen LogP contribution in [0.15, 0.2) is 49.1 Å². The molecule has 9 nitrogen and oxygen atoms in total. The fraction of sp³-hybridized carbons (Fsp3) is 0.360. The van der Waals surface area contributed by atoms with E-state index in [1.165, 1.54) is 0 Å². The predicted molar refractivity (Wildman–Crippen MR) is 137 cm³/mol. The molecular weight excluding hydrogens is 426 g/mol. The summed E-state index contributed by atoms with van der Waals surface area (Å²) in [4.78, 5) is 24.0. The van der Waals surface area contributed by atoms with E-state index in [1.54, 1.807) is 12.5 Å². The smallest absolute Gasteiger partial charge is 0.143 e. The molecule has 0 saturated carbocycles. The monoisotopic (exact) mass is 457 g/mol. The van der Waals surface area contributed by atoms with Gasteiger partial charge in [0.2, 0.25) is 0 Å². The summed E-state index contributed by atoms with van der Waals surface area (Å²) in [6, 6.07) is 11.1. The lowest BCUT2D eigenvalue weighted by Crippen LogP contribution is -2.54. The largest absolute Gasteiger partial charge is 0.373 e. The lowest BCUT2D eigenvalue weighted by molar-refractivity contribution is 0.405. The van der Waals surface area contributed by atoms with Crippen molar-refractivity contribution in [3.8, 4) is 11.1 Å². The van der Waals surface area contributed by atoms with Crippen molar-refractivity contribution in [1.82, 2.24) is 30.2 Å². The Bertz CT molecular complexity index is 1270. The summed E-state index contributed by atoms with van der Waals surface area (Å²) in [5.74, 6) is 2.59. The van der Waals surface area contributed by atoms with Crippen LogP contribution >= 0.6 is 0 Å². The zero-order valence-corrected chi connectivity index (χ0v) is 20.0. The van der Waals surface area contributed by atoms with Gasteiger partial charge in [0.1, 0.15) is 29.4 Å². The van der Waals surface area contributed by atoms with Gasteiger partial charge >= 0.3 is 0 Å². The first-order valence-electron chi connectivity index (χ1n) is 11.7. The predicted octanol–water partition coefficient (Wildman–Crippen LogP) is 3.82. The van der Waals surface area contributed by atoms with E-state index in [1.807, 2.05) is 25.4 Å². The van der Waals surface area contributed by atoms with Crippen molar-refractivity contribution in [2.45, 2.75) is 38.9 Å². The SMILES string of the molecule is CNc1cc(-c2c[nH]c3ncnc(N[C@@H](C)c4cccc(N5C[C@@H](C)N[C@@H](C)C5)n4)c23)ccn1. The summed E-state index contributed by atoms with van der Waals surface area (Å²) in [6.07, 6.45) is 5.35. The van der Waals surface area contributed by atoms with E-state index in [2.05, 4.69) is 79.8 Å². The van der Waals surface area contributed by atoms with Crippen molar-refractivity contribution in [3.05, 3.63) is 54.7 Å². The minimum absolute atomic E-state index is 0.0381. The van der Waals surface area contributed by atoms with Crippen LogP contribution < -0.4 is 20.9 Å². The zero-order valence-electron chi connectivity index (χ0n) is 20.0. The van der Waals surface area contributed by atoms with Crippen molar-refractivity contribution >= 4 is 28.5 Å². The number of nitrogens with one attached hydrogen (secondary N) is 4. The van der Waals surface area contributed by atoms with Gasteiger partial charge in [0.05, 0.1) is 17.1 Å². The van der Waals surface area contributed by atoms with E-state index in [-0.39, 0.29) is 6.04 Å². The van der Waals surface area contributed by atoms with Crippen molar-refractivity contribution < 1.29 is 0 Å². The highest BCUT2D eigenvalue weighted by Gasteiger charge is 2.23. The number of hydrogen-bond acceptors (Lipinski definition) is 8.